The number of aryl methyl sites for hydroxylation is 1. The molecular weight excluding hydrogens is 230 g/mol. The van der Waals surface area contributed by atoms with Crippen molar-refractivity contribution in [2.75, 3.05) is 13.1 Å². The first kappa shape index (κ1) is 14.4. The van der Waals surface area contributed by atoms with Gasteiger partial charge in [-0.05, 0) is 39.4 Å². The number of aromatic nitrogens is 1. The van der Waals surface area contributed by atoms with Crippen LogP contribution in [0.15, 0.2) is 12.1 Å². The Morgan fingerprint density at radius 3 is 2.89 bits per heavy atom. The molecule has 5 heteroatoms. The molecule has 0 bridgehead atoms. The molecule has 0 aliphatic carbocycles. The smallest absolute Gasteiger partial charge is 0.260 e. The van der Waals surface area contributed by atoms with Gasteiger partial charge in [-0.3, -0.25) is 9.78 Å². The van der Waals surface area contributed by atoms with E-state index in [1.54, 1.807) is 6.92 Å². The predicted molar refractivity (Wildman–Crippen MR) is 70.5 cm³/mol. The van der Waals surface area contributed by atoms with Crippen molar-refractivity contribution in [2.24, 2.45) is 5.73 Å². The molecule has 0 saturated carbocycles. The fourth-order valence-electron chi connectivity index (χ4n) is 1.58. The monoisotopic (exact) mass is 251 g/mol. The number of rotatable bonds is 6. The normalized spacial score (nSPS) is 12.0. The Kier molecular flexibility index (Phi) is 5.58. The van der Waals surface area contributed by atoms with Gasteiger partial charge in [-0.1, -0.05) is 0 Å². The molecule has 1 atom stereocenters. The van der Waals surface area contributed by atoms with Crippen LogP contribution in [0.25, 0.3) is 0 Å². The van der Waals surface area contributed by atoms with Gasteiger partial charge in [0.25, 0.3) is 5.91 Å². The maximum Gasteiger partial charge on any atom is 0.260 e. The molecule has 0 fully saturated rings. The molecule has 0 aliphatic heterocycles. The lowest BCUT2D eigenvalue weighted by Gasteiger charge is -2.16. The fraction of sp³-hybridized carbons (Fsp3) is 0.538. The highest BCUT2D eigenvalue weighted by Gasteiger charge is 2.15. The highest BCUT2D eigenvalue weighted by Crippen LogP contribution is 2.18. The molecule has 1 aromatic heterocycles. The minimum atomic E-state index is -0.536. The van der Waals surface area contributed by atoms with Crippen molar-refractivity contribution in [3.8, 4) is 5.75 Å². The predicted octanol–water partition coefficient (Wildman–Crippen LogP) is 0.795. The number of pyridine rings is 1. The zero-order valence-electron chi connectivity index (χ0n) is 11.2. The average Bonchev–Trinajstić information content (AvgIpc) is 2.33. The summed E-state index contributed by atoms with van der Waals surface area (Å²) in [6.07, 6.45) is 0.102. The van der Waals surface area contributed by atoms with Gasteiger partial charge in [-0.15, -0.1) is 0 Å². The molecule has 3 N–H and O–H groups in total. The zero-order chi connectivity index (χ0) is 13.5. The van der Waals surface area contributed by atoms with E-state index in [0.717, 1.165) is 11.4 Å². The summed E-state index contributed by atoms with van der Waals surface area (Å²) in [6.45, 7) is 6.60. The summed E-state index contributed by atoms with van der Waals surface area (Å²) < 4.78 is 5.64. The first-order valence-electron chi connectivity index (χ1n) is 6.19. The number of carbonyl (C=O) groups is 1. The van der Waals surface area contributed by atoms with Crippen LogP contribution in [-0.2, 0) is 11.2 Å². The highest BCUT2D eigenvalue weighted by molar-refractivity contribution is 5.80. The summed E-state index contributed by atoms with van der Waals surface area (Å²) in [5.74, 6) is 0.501. The van der Waals surface area contributed by atoms with E-state index < -0.39 is 6.10 Å². The molecule has 1 rings (SSSR count). The summed E-state index contributed by atoms with van der Waals surface area (Å²) >= 11 is 0. The molecule has 5 nitrogen and oxygen atoms in total. The second kappa shape index (κ2) is 6.96. The van der Waals surface area contributed by atoms with Crippen molar-refractivity contribution in [3.05, 3.63) is 23.5 Å². The van der Waals surface area contributed by atoms with Crippen LogP contribution in [0.5, 0.6) is 5.75 Å². The van der Waals surface area contributed by atoms with E-state index in [2.05, 4.69) is 10.3 Å². The van der Waals surface area contributed by atoms with Crippen LogP contribution in [0.2, 0.25) is 0 Å². The van der Waals surface area contributed by atoms with Crippen molar-refractivity contribution < 1.29 is 9.53 Å². The number of nitrogens with zero attached hydrogens (tertiary/aromatic N) is 1. The Hall–Kier alpha value is -1.62. The second-order valence-electron chi connectivity index (χ2n) is 4.09. The van der Waals surface area contributed by atoms with Crippen molar-refractivity contribution in [1.29, 1.82) is 0 Å². The van der Waals surface area contributed by atoms with Gasteiger partial charge in [0.1, 0.15) is 5.75 Å². The molecule has 1 heterocycles. The Morgan fingerprint density at radius 1 is 1.56 bits per heavy atom. The van der Waals surface area contributed by atoms with Crippen LogP contribution < -0.4 is 15.8 Å². The molecule has 0 spiro atoms. The maximum atomic E-state index is 11.6. The van der Waals surface area contributed by atoms with Gasteiger partial charge in [0.05, 0.1) is 5.69 Å². The molecule has 0 aliphatic rings. The minimum absolute atomic E-state index is 0.128. The maximum absolute atomic E-state index is 11.6. The number of amides is 1. The lowest BCUT2D eigenvalue weighted by Crippen LogP contribution is -2.36. The van der Waals surface area contributed by atoms with E-state index in [4.69, 9.17) is 10.5 Å². The lowest BCUT2D eigenvalue weighted by atomic mass is 10.2. The van der Waals surface area contributed by atoms with Crippen LogP contribution in [0.4, 0.5) is 0 Å². The van der Waals surface area contributed by atoms with E-state index in [1.807, 2.05) is 26.0 Å². The van der Waals surface area contributed by atoms with Gasteiger partial charge in [0, 0.05) is 18.7 Å². The Labute approximate surface area is 108 Å². The summed E-state index contributed by atoms with van der Waals surface area (Å²) in [5.41, 5.74) is 7.26. The summed E-state index contributed by atoms with van der Waals surface area (Å²) in [6, 6.07) is 3.70. The minimum Gasteiger partial charge on any atom is -0.479 e. The number of likely N-dealkylation sites (N-methyl/N-ethyl adjacent to an activating group) is 1. The molecule has 18 heavy (non-hydrogen) atoms. The molecule has 0 saturated heterocycles. The van der Waals surface area contributed by atoms with Crippen LogP contribution in [0, 0.1) is 6.92 Å². The molecule has 1 amide bonds. The number of hydrogen-bond acceptors (Lipinski definition) is 4. The summed E-state index contributed by atoms with van der Waals surface area (Å²) in [7, 11) is 0. The van der Waals surface area contributed by atoms with Crippen LogP contribution in [0.1, 0.15) is 25.2 Å². The average molecular weight is 251 g/mol. The Bertz CT molecular complexity index is 407. The van der Waals surface area contributed by atoms with Crippen LogP contribution >= 0.6 is 0 Å². The van der Waals surface area contributed by atoms with E-state index >= 15 is 0 Å². The number of ether oxygens (including phenoxy) is 1. The van der Waals surface area contributed by atoms with E-state index in [1.165, 1.54) is 0 Å². The lowest BCUT2D eigenvalue weighted by molar-refractivity contribution is -0.127. The van der Waals surface area contributed by atoms with Crippen molar-refractivity contribution >= 4 is 5.91 Å². The van der Waals surface area contributed by atoms with Crippen LogP contribution in [-0.4, -0.2) is 30.1 Å². The van der Waals surface area contributed by atoms with Crippen molar-refractivity contribution in [2.45, 2.75) is 33.3 Å². The van der Waals surface area contributed by atoms with Crippen molar-refractivity contribution in [3.63, 3.8) is 0 Å². The summed E-state index contributed by atoms with van der Waals surface area (Å²) in [4.78, 5) is 16.0. The second-order valence-corrected chi connectivity index (χ2v) is 4.09. The molecule has 100 valence electrons. The Morgan fingerprint density at radius 2 is 2.28 bits per heavy atom. The highest BCUT2D eigenvalue weighted by atomic mass is 16.5. The largest absolute Gasteiger partial charge is 0.479 e. The molecule has 1 aromatic rings. The van der Waals surface area contributed by atoms with Crippen molar-refractivity contribution in [1.82, 2.24) is 10.3 Å². The van der Waals surface area contributed by atoms with Gasteiger partial charge in [0.15, 0.2) is 6.10 Å². The standard InChI is InChI=1S/C13H21N3O2/c1-4-15-13(17)10(3)18-12-6-5-9(2)16-11(12)7-8-14/h5-6,10H,4,7-8,14H2,1-3H3,(H,15,17). The van der Waals surface area contributed by atoms with Crippen LogP contribution in [0.3, 0.4) is 0 Å². The SMILES string of the molecule is CCNC(=O)C(C)Oc1ccc(C)nc1CCN. The molecular formula is C13H21N3O2. The van der Waals surface area contributed by atoms with Gasteiger partial charge in [0.2, 0.25) is 0 Å². The Balaban J connectivity index is 2.79. The molecule has 0 radical (unpaired) electrons. The van der Waals surface area contributed by atoms with E-state index in [0.29, 0.717) is 25.3 Å². The van der Waals surface area contributed by atoms with Gasteiger partial charge >= 0.3 is 0 Å². The topological polar surface area (TPSA) is 77.2 Å². The zero-order valence-corrected chi connectivity index (χ0v) is 11.2. The third-order valence-corrected chi connectivity index (χ3v) is 2.48. The van der Waals surface area contributed by atoms with Gasteiger partial charge in [-0.25, -0.2) is 0 Å². The molecule has 1 unspecified atom stereocenters. The quantitative estimate of drug-likeness (QED) is 0.784. The third-order valence-electron chi connectivity index (χ3n) is 2.48. The third kappa shape index (κ3) is 4.00. The number of carbonyl (C=O) groups excluding carboxylic acids is 1. The number of nitrogens with one attached hydrogen (secondary N) is 1. The summed E-state index contributed by atoms with van der Waals surface area (Å²) in [5, 5.41) is 2.72. The number of hydrogen-bond donors (Lipinski definition) is 2. The van der Waals surface area contributed by atoms with Gasteiger partial charge < -0.3 is 15.8 Å². The number of nitrogens with two attached hydrogens (primary N) is 1. The van der Waals surface area contributed by atoms with Gasteiger partial charge in [-0.2, -0.15) is 0 Å². The van der Waals surface area contributed by atoms with E-state index in [-0.39, 0.29) is 5.91 Å². The molecule has 0 aromatic carbocycles. The fourth-order valence-corrected chi connectivity index (χ4v) is 1.58. The first-order chi connectivity index (χ1) is 8.58. The first-order valence-corrected chi connectivity index (χ1v) is 6.19. The van der Waals surface area contributed by atoms with E-state index in [9.17, 15) is 4.79 Å².